The summed E-state index contributed by atoms with van der Waals surface area (Å²) in [6, 6.07) is 9.79. The van der Waals surface area contributed by atoms with Crippen LogP contribution in [0.2, 0.25) is 0 Å². The fraction of sp³-hybridized carbons (Fsp3) is 0.333. The molecule has 1 aromatic heterocycles. The highest BCUT2D eigenvalue weighted by molar-refractivity contribution is 7.89. The highest BCUT2D eigenvalue weighted by Gasteiger charge is 2.25. The lowest BCUT2D eigenvalue weighted by Gasteiger charge is -2.16. The summed E-state index contributed by atoms with van der Waals surface area (Å²) in [7, 11) is -3.69. The molecule has 0 saturated carbocycles. The molecule has 2 heterocycles. The van der Waals surface area contributed by atoms with E-state index in [-0.39, 0.29) is 23.4 Å². The molecule has 0 spiro atoms. The van der Waals surface area contributed by atoms with E-state index in [1.165, 1.54) is 12.1 Å². The van der Waals surface area contributed by atoms with Crippen molar-refractivity contribution < 1.29 is 13.2 Å². The zero-order valence-corrected chi connectivity index (χ0v) is 15.2. The number of carbonyl (C=O) groups is 1. The van der Waals surface area contributed by atoms with Crippen LogP contribution >= 0.6 is 0 Å². The number of nitrogens with zero attached hydrogens (tertiary/aromatic N) is 2. The summed E-state index contributed by atoms with van der Waals surface area (Å²) < 4.78 is 27.6. The van der Waals surface area contributed by atoms with E-state index >= 15 is 0 Å². The largest absolute Gasteiger partial charge is 0.337 e. The molecule has 1 aliphatic heterocycles. The summed E-state index contributed by atoms with van der Waals surface area (Å²) in [5, 5.41) is 0. The molecule has 0 aliphatic carbocycles. The topological polar surface area (TPSA) is 105 Å². The predicted octanol–water partition coefficient (Wildman–Crippen LogP) is 0.776. The third-order valence-electron chi connectivity index (χ3n) is 4.33. The molecular formula is C18H22N4O3S. The summed E-state index contributed by atoms with van der Waals surface area (Å²) in [5.41, 5.74) is 7.14. The molecule has 1 fully saturated rings. The van der Waals surface area contributed by atoms with Crippen molar-refractivity contribution in [2.45, 2.75) is 23.8 Å². The number of benzene rings is 1. The van der Waals surface area contributed by atoms with Crippen molar-refractivity contribution in [1.29, 1.82) is 0 Å². The summed E-state index contributed by atoms with van der Waals surface area (Å²) in [6.07, 6.45) is 4.68. The third-order valence-corrected chi connectivity index (χ3v) is 5.79. The molecule has 1 atom stereocenters. The average molecular weight is 374 g/mol. The van der Waals surface area contributed by atoms with Crippen LogP contribution in [-0.2, 0) is 16.4 Å². The summed E-state index contributed by atoms with van der Waals surface area (Å²) >= 11 is 0. The number of sulfonamides is 1. The van der Waals surface area contributed by atoms with Gasteiger partial charge < -0.3 is 10.6 Å². The summed E-state index contributed by atoms with van der Waals surface area (Å²) in [4.78, 5) is 18.3. The number of nitrogens with two attached hydrogens (primary N) is 1. The molecule has 0 bridgehead atoms. The van der Waals surface area contributed by atoms with Crippen LogP contribution in [0.1, 0.15) is 22.3 Å². The molecule has 3 N–H and O–H groups in total. The number of pyridine rings is 1. The van der Waals surface area contributed by atoms with Crippen molar-refractivity contribution in [1.82, 2.24) is 14.6 Å². The van der Waals surface area contributed by atoms with Gasteiger partial charge in [-0.1, -0.05) is 12.1 Å². The number of aromatic nitrogens is 1. The van der Waals surface area contributed by atoms with E-state index in [0.717, 1.165) is 12.0 Å². The first-order valence-corrected chi connectivity index (χ1v) is 9.97. The molecule has 1 saturated heterocycles. The highest BCUT2D eigenvalue weighted by Crippen LogP contribution is 2.16. The number of rotatable bonds is 6. The van der Waals surface area contributed by atoms with Crippen molar-refractivity contribution in [3.8, 4) is 0 Å². The van der Waals surface area contributed by atoms with E-state index in [2.05, 4.69) is 9.71 Å². The van der Waals surface area contributed by atoms with Crippen LogP contribution in [0.5, 0.6) is 0 Å². The minimum Gasteiger partial charge on any atom is -0.337 e. The fourth-order valence-electron chi connectivity index (χ4n) is 2.91. The smallest absolute Gasteiger partial charge is 0.253 e. The van der Waals surface area contributed by atoms with Gasteiger partial charge in [0.2, 0.25) is 10.0 Å². The standard InChI is InChI=1S/C18H22N4O3S/c19-16-7-10-22(13-16)18(23)15-4-1-5-17(11-15)26(24,25)21-9-6-14-3-2-8-20-12-14/h1-5,8,11-12,16,21H,6-7,9-10,13,19H2. The molecule has 0 radical (unpaired) electrons. The number of hydrogen-bond acceptors (Lipinski definition) is 5. The Morgan fingerprint density at radius 1 is 1.31 bits per heavy atom. The van der Waals surface area contributed by atoms with E-state index in [9.17, 15) is 13.2 Å². The lowest BCUT2D eigenvalue weighted by atomic mass is 10.2. The molecule has 1 aliphatic rings. The molecule has 7 nitrogen and oxygen atoms in total. The Labute approximate surface area is 153 Å². The second kappa shape index (κ2) is 7.94. The lowest BCUT2D eigenvalue weighted by Crippen LogP contribution is -2.32. The number of likely N-dealkylation sites (tertiary alicyclic amines) is 1. The number of amides is 1. The fourth-order valence-corrected chi connectivity index (χ4v) is 3.99. The van der Waals surface area contributed by atoms with Crippen molar-refractivity contribution in [3.63, 3.8) is 0 Å². The Bertz CT molecular complexity index is 871. The van der Waals surface area contributed by atoms with E-state index in [1.54, 1.807) is 29.4 Å². The van der Waals surface area contributed by atoms with Crippen LogP contribution in [0.3, 0.4) is 0 Å². The molecule has 8 heteroatoms. The van der Waals surface area contributed by atoms with Crippen molar-refractivity contribution >= 4 is 15.9 Å². The van der Waals surface area contributed by atoms with Crippen LogP contribution in [0, 0.1) is 0 Å². The third kappa shape index (κ3) is 4.46. The van der Waals surface area contributed by atoms with E-state index in [4.69, 9.17) is 5.73 Å². The average Bonchev–Trinajstić information content (AvgIpc) is 3.08. The van der Waals surface area contributed by atoms with Gasteiger partial charge in [-0.25, -0.2) is 13.1 Å². The van der Waals surface area contributed by atoms with Gasteiger partial charge in [0.1, 0.15) is 0 Å². The van der Waals surface area contributed by atoms with Crippen LogP contribution in [-0.4, -0.2) is 49.9 Å². The molecule has 1 amide bonds. The maximum Gasteiger partial charge on any atom is 0.253 e. The molecule has 2 aromatic rings. The van der Waals surface area contributed by atoms with E-state index < -0.39 is 10.0 Å². The Morgan fingerprint density at radius 2 is 2.15 bits per heavy atom. The Morgan fingerprint density at radius 3 is 2.85 bits per heavy atom. The van der Waals surface area contributed by atoms with Crippen molar-refractivity contribution in [2.75, 3.05) is 19.6 Å². The van der Waals surface area contributed by atoms with Crippen LogP contribution in [0.25, 0.3) is 0 Å². The van der Waals surface area contributed by atoms with Gasteiger partial charge in [0.15, 0.2) is 0 Å². The number of nitrogens with one attached hydrogen (secondary N) is 1. The van der Waals surface area contributed by atoms with Gasteiger partial charge >= 0.3 is 0 Å². The second-order valence-electron chi connectivity index (χ2n) is 6.34. The van der Waals surface area contributed by atoms with Crippen molar-refractivity contribution in [3.05, 3.63) is 59.9 Å². The minimum absolute atomic E-state index is 0.0139. The van der Waals surface area contributed by atoms with E-state index in [1.807, 2.05) is 12.1 Å². The lowest BCUT2D eigenvalue weighted by molar-refractivity contribution is 0.0790. The first-order valence-electron chi connectivity index (χ1n) is 8.49. The van der Waals surface area contributed by atoms with Crippen LogP contribution < -0.4 is 10.5 Å². The van der Waals surface area contributed by atoms with Gasteiger partial charge in [0, 0.05) is 43.6 Å². The van der Waals surface area contributed by atoms with Gasteiger partial charge in [0.25, 0.3) is 5.91 Å². The van der Waals surface area contributed by atoms with E-state index in [0.29, 0.717) is 25.1 Å². The first-order chi connectivity index (χ1) is 12.5. The molecule has 26 heavy (non-hydrogen) atoms. The molecule has 3 rings (SSSR count). The second-order valence-corrected chi connectivity index (χ2v) is 8.10. The van der Waals surface area contributed by atoms with Gasteiger partial charge in [-0.2, -0.15) is 0 Å². The first kappa shape index (κ1) is 18.5. The summed E-state index contributed by atoms with van der Waals surface area (Å²) in [5.74, 6) is -0.189. The number of hydrogen-bond donors (Lipinski definition) is 2. The zero-order chi connectivity index (χ0) is 18.6. The van der Waals surface area contributed by atoms with Gasteiger partial charge in [-0.3, -0.25) is 9.78 Å². The Kier molecular flexibility index (Phi) is 5.65. The normalized spacial score (nSPS) is 17.4. The van der Waals surface area contributed by atoms with Gasteiger partial charge in [0.05, 0.1) is 4.90 Å². The SMILES string of the molecule is NC1CCN(C(=O)c2cccc(S(=O)(=O)NCCc3cccnc3)c2)C1. The quantitative estimate of drug-likeness (QED) is 0.777. The molecule has 1 unspecified atom stereocenters. The predicted molar refractivity (Wildman–Crippen MR) is 98.1 cm³/mol. The highest BCUT2D eigenvalue weighted by atomic mass is 32.2. The Hall–Kier alpha value is -2.29. The maximum atomic E-state index is 12.5. The molecule has 138 valence electrons. The van der Waals surface area contributed by atoms with Crippen LogP contribution in [0.15, 0.2) is 53.7 Å². The van der Waals surface area contributed by atoms with Gasteiger partial charge in [-0.15, -0.1) is 0 Å². The zero-order valence-electron chi connectivity index (χ0n) is 14.3. The maximum absolute atomic E-state index is 12.5. The minimum atomic E-state index is -3.69. The van der Waals surface area contributed by atoms with Gasteiger partial charge in [-0.05, 0) is 42.7 Å². The van der Waals surface area contributed by atoms with Crippen molar-refractivity contribution in [2.24, 2.45) is 5.73 Å². The monoisotopic (exact) mass is 374 g/mol. The van der Waals surface area contributed by atoms with Crippen LogP contribution in [0.4, 0.5) is 0 Å². The summed E-state index contributed by atoms with van der Waals surface area (Å²) in [6.45, 7) is 1.35. The Balaban J connectivity index is 1.67. The number of carbonyl (C=O) groups excluding carboxylic acids is 1. The molecule has 1 aromatic carbocycles. The molecular weight excluding hydrogens is 352 g/mol.